The number of ether oxygens (including phenoxy) is 2. The van der Waals surface area contributed by atoms with E-state index in [9.17, 15) is 9.65 Å². The zero-order valence-corrected chi connectivity index (χ0v) is 20.2. The van der Waals surface area contributed by atoms with Crippen LogP contribution in [-0.4, -0.2) is 6.61 Å². The molecular formula is C28H21FINO2. The topological polar surface area (TPSA) is 42.2 Å². The average Bonchev–Trinajstić information content (AvgIpc) is 2.82. The first kappa shape index (κ1) is 22.8. The summed E-state index contributed by atoms with van der Waals surface area (Å²) < 4.78 is 26.6. The van der Waals surface area contributed by atoms with E-state index in [1.807, 2.05) is 37.3 Å². The van der Waals surface area contributed by atoms with Crippen LogP contribution in [0.15, 0.2) is 78.9 Å². The number of hydrogen-bond acceptors (Lipinski definition) is 3. The van der Waals surface area contributed by atoms with Crippen molar-refractivity contribution < 1.29 is 13.9 Å². The van der Waals surface area contributed by atoms with Crippen LogP contribution >= 0.6 is 22.6 Å². The van der Waals surface area contributed by atoms with Crippen molar-refractivity contribution in [3.8, 4) is 17.6 Å². The highest BCUT2D eigenvalue weighted by Gasteiger charge is 2.14. The largest absolute Gasteiger partial charge is 0.490 e. The molecule has 0 N–H and O–H groups in total. The maximum atomic E-state index is 13.6. The Morgan fingerprint density at radius 2 is 1.79 bits per heavy atom. The second-order valence-electron chi connectivity index (χ2n) is 7.37. The van der Waals surface area contributed by atoms with Crippen LogP contribution in [0.5, 0.6) is 11.5 Å². The van der Waals surface area contributed by atoms with Crippen molar-refractivity contribution in [1.29, 1.82) is 5.26 Å². The summed E-state index contributed by atoms with van der Waals surface area (Å²) in [6.45, 7) is 2.79. The fraction of sp³-hybridized carbons (Fsp3) is 0.107. The Balaban J connectivity index is 1.66. The molecule has 0 radical (unpaired) electrons. The van der Waals surface area contributed by atoms with Gasteiger partial charge in [0.25, 0.3) is 0 Å². The molecule has 0 aliphatic rings. The van der Waals surface area contributed by atoms with E-state index < -0.39 is 0 Å². The molecule has 0 atom stereocenters. The Bertz CT molecular complexity index is 1370. The molecule has 0 amide bonds. The maximum Gasteiger partial charge on any atom is 0.175 e. The van der Waals surface area contributed by atoms with Crippen LogP contribution in [0.2, 0.25) is 0 Å². The molecule has 3 nitrogen and oxygen atoms in total. The molecular weight excluding hydrogens is 528 g/mol. The van der Waals surface area contributed by atoms with E-state index in [1.54, 1.807) is 18.2 Å². The minimum absolute atomic E-state index is 0.372. The van der Waals surface area contributed by atoms with Gasteiger partial charge in [-0.3, -0.25) is 0 Å². The normalized spacial score (nSPS) is 11.3. The van der Waals surface area contributed by atoms with E-state index in [0.29, 0.717) is 35.8 Å². The van der Waals surface area contributed by atoms with Gasteiger partial charge >= 0.3 is 0 Å². The summed E-state index contributed by atoms with van der Waals surface area (Å²) in [5.41, 5.74) is 2.77. The number of nitriles is 1. The summed E-state index contributed by atoms with van der Waals surface area (Å²) in [5, 5.41) is 11.9. The van der Waals surface area contributed by atoms with Crippen molar-refractivity contribution in [1.82, 2.24) is 0 Å². The Morgan fingerprint density at radius 1 is 1.00 bits per heavy atom. The van der Waals surface area contributed by atoms with Crippen LogP contribution in [-0.2, 0) is 6.61 Å². The van der Waals surface area contributed by atoms with E-state index in [0.717, 1.165) is 20.1 Å². The van der Waals surface area contributed by atoms with Gasteiger partial charge in [0.05, 0.1) is 21.8 Å². The average molecular weight is 549 g/mol. The molecule has 0 aliphatic carbocycles. The SMILES string of the molecule is CCOc1cc(/C=C(/C#N)c2cccc(F)c2)cc(I)c1OCc1cccc2ccccc12. The smallest absolute Gasteiger partial charge is 0.175 e. The third-order valence-corrected chi connectivity index (χ3v) is 5.95. The van der Waals surface area contributed by atoms with Crippen molar-refractivity contribution in [3.63, 3.8) is 0 Å². The maximum absolute atomic E-state index is 13.6. The van der Waals surface area contributed by atoms with Crippen LogP contribution in [0.25, 0.3) is 22.4 Å². The van der Waals surface area contributed by atoms with Gasteiger partial charge in [0.15, 0.2) is 11.5 Å². The Kier molecular flexibility index (Phi) is 7.26. The fourth-order valence-electron chi connectivity index (χ4n) is 3.65. The van der Waals surface area contributed by atoms with E-state index >= 15 is 0 Å². The second kappa shape index (κ2) is 10.5. The first-order valence-corrected chi connectivity index (χ1v) is 11.6. The molecule has 0 saturated carbocycles. The van der Waals surface area contributed by atoms with Gasteiger partial charge in [-0.2, -0.15) is 5.26 Å². The monoisotopic (exact) mass is 549 g/mol. The Hall–Kier alpha value is -3.37. The number of hydrogen-bond donors (Lipinski definition) is 0. The minimum Gasteiger partial charge on any atom is -0.490 e. The highest BCUT2D eigenvalue weighted by atomic mass is 127. The van der Waals surface area contributed by atoms with Gasteiger partial charge in [-0.1, -0.05) is 54.6 Å². The van der Waals surface area contributed by atoms with Gasteiger partial charge in [-0.15, -0.1) is 0 Å². The molecule has 0 heterocycles. The number of halogens is 2. The molecule has 4 aromatic carbocycles. The minimum atomic E-state index is -0.379. The van der Waals surface area contributed by atoms with Gasteiger partial charge in [-0.25, -0.2) is 4.39 Å². The molecule has 0 aromatic heterocycles. The predicted molar refractivity (Wildman–Crippen MR) is 138 cm³/mol. The van der Waals surface area contributed by atoms with Crippen molar-refractivity contribution >= 4 is 45.0 Å². The fourth-order valence-corrected chi connectivity index (χ4v) is 4.43. The number of nitrogens with zero attached hydrogens (tertiary/aromatic N) is 1. The molecule has 0 fully saturated rings. The van der Waals surface area contributed by atoms with Gasteiger partial charge in [0.2, 0.25) is 0 Å². The van der Waals surface area contributed by atoms with Gasteiger partial charge in [0.1, 0.15) is 12.4 Å². The third kappa shape index (κ3) is 5.35. The third-order valence-electron chi connectivity index (χ3n) is 5.15. The summed E-state index contributed by atoms with van der Waals surface area (Å²) >= 11 is 2.21. The van der Waals surface area contributed by atoms with Gasteiger partial charge in [-0.05, 0) is 87.3 Å². The molecule has 164 valence electrons. The van der Waals surface area contributed by atoms with E-state index in [4.69, 9.17) is 9.47 Å². The summed E-state index contributed by atoms with van der Waals surface area (Å²) in [7, 11) is 0. The molecule has 0 spiro atoms. The molecule has 4 aromatic rings. The quantitative estimate of drug-likeness (QED) is 0.135. The summed E-state index contributed by atoms with van der Waals surface area (Å²) in [4.78, 5) is 0. The van der Waals surface area contributed by atoms with Crippen molar-refractivity contribution in [2.75, 3.05) is 6.61 Å². The second-order valence-corrected chi connectivity index (χ2v) is 8.53. The van der Waals surface area contributed by atoms with Crippen molar-refractivity contribution in [2.45, 2.75) is 13.5 Å². The van der Waals surface area contributed by atoms with Crippen molar-refractivity contribution in [2.24, 2.45) is 0 Å². The number of benzene rings is 4. The van der Waals surface area contributed by atoms with E-state index in [-0.39, 0.29) is 5.82 Å². The van der Waals surface area contributed by atoms with E-state index in [1.165, 1.54) is 17.5 Å². The first-order valence-electron chi connectivity index (χ1n) is 10.5. The molecule has 0 bridgehead atoms. The zero-order chi connectivity index (χ0) is 23.2. The molecule has 4 rings (SSSR count). The molecule has 0 unspecified atom stereocenters. The number of rotatable bonds is 7. The van der Waals surface area contributed by atoms with Gasteiger partial charge in [0, 0.05) is 0 Å². The highest BCUT2D eigenvalue weighted by Crippen LogP contribution is 2.36. The van der Waals surface area contributed by atoms with E-state index in [2.05, 4.69) is 52.9 Å². The number of allylic oxidation sites excluding steroid dienone is 1. The Morgan fingerprint density at radius 3 is 2.58 bits per heavy atom. The summed E-state index contributed by atoms with van der Waals surface area (Å²) in [6, 6.07) is 26.3. The predicted octanol–water partition coefficient (Wildman–Crippen LogP) is 7.63. The Labute approximate surface area is 206 Å². The first-order chi connectivity index (χ1) is 16.1. The zero-order valence-electron chi connectivity index (χ0n) is 18.0. The van der Waals surface area contributed by atoms with Gasteiger partial charge < -0.3 is 9.47 Å². The van der Waals surface area contributed by atoms with Crippen LogP contribution in [0.1, 0.15) is 23.6 Å². The van der Waals surface area contributed by atoms with Crippen LogP contribution < -0.4 is 9.47 Å². The molecule has 5 heteroatoms. The molecule has 33 heavy (non-hydrogen) atoms. The lowest BCUT2D eigenvalue weighted by Gasteiger charge is -2.16. The van der Waals surface area contributed by atoms with Crippen LogP contribution in [0.4, 0.5) is 4.39 Å². The summed E-state index contributed by atoms with van der Waals surface area (Å²) in [5.74, 6) is 0.884. The number of fused-ring (bicyclic) bond motifs is 1. The van der Waals surface area contributed by atoms with Crippen LogP contribution in [0, 0.1) is 20.7 Å². The van der Waals surface area contributed by atoms with Crippen LogP contribution in [0.3, 0.4) is 0 Å². The standard InChI is InChI=1S/C28H21FINO2/c1-2-32-27-15-19(13-23(17-31)21-9-6-11-24(29)16-21)14-26(30)28(27)33-18-22-10-5-8-20-7-3-4-12-25(20)22/h3-16H,2,18H2,1H3/b23-13-. The lowest BCUT2D eigenvalue weighted by atomic mass is 10.0. The summed E-state index contributed by atoms with van der Waals surface area (Å²) in [6.07, 6.45) is 1.73. The molecule has 0 aliphatic heterocycles. The molecule has 0 saturated heterocycles. The van der Waals surface area contributed by atoms with Crippen molar-refractivity contribution in [3.05, 3.63) is 105 Å². The highest BCUT2D eigenvalue weighted by molar-refractivity contribution is 14.1. The lowest BCUT2D eigenvalue weighted by Crippen LogP contribution is -2.02. The lowest BCUT2D eigenvalue weighted by molar-refractivity contribution is 0.268.